The zero-order valence-electron chi connectivity index (χ0n) is 13.0. The van der Waals surface area contributed by atoms with Crippen LogP contribution in [0.4, 0.5) is 5.69 Å². The van der Waals surface area contributed by atoms with Crippen molar-refractivity contribution in [1.29, 1.82) is 0 Å². The molecule has 0 bridgehead atoms. The van der Waals surface area contributed by atoms with Crippen molar-refractivity contribution in [3.8, 4) is 0 Å². The summed E-state index contributed by atoms with van der Waals surface area (Å²) in [5.41, 5.74) is 0.289. The highest BCUT2D eigenvalue weighted by atomic mass is 32.2. The summed E-state index contributed by atoms with van der Waals surface area (Å²) in [7, 11) is -4.46. The molecule has 0 unspecified atom stereocenters. The molecule has 23 heavy (non-hydrogen) atoms. The van der Waals surface area contributed by atoms with E-state index in [1.54, 1.807) is 0 Å². The van der Waals surface area contributed by atoms with Gasteiger partial charge in [-0.3, -0.25) is 4.72 Å². The molecule has 0 aliphatic carbocycles. The fourth-order valence-electron chi connectivity index (χ4n) is 2.03. The van der Waals surface area contributed by atoms with Crippen LogP contribution in [0.2, 0.25) is 0 Å². The minimum absolute atomic E-state index is 0.0725. The molecule has 1 fully saturated rings. The number of sulfonamides is 1. The topological polar surface area (TPSA) is 105 Å². The van der Waals surface area contributed by atoms with Gasteiger partial charge in [-0.25, -0.2) is 13.1 Å². The quantitative estimate of drug-likeness (QED) is 0.728. The third kappa shape index (κ3) is 4.88. The van der Waals surface area contributed by atoms with E-state index in [1.807, 2.05) is 0 Å². The Morgan fingerprint density at radius 2 is 1.83 bits per heavy atom. The van der Waals surface area contributed by atoms with Crippen molar-refractivity contribution in [1.82, 2.24) is 9.03 Å². The summed E-state index contributed by atoms with van der Waals surface area (Å²) in [5, 5.41) is 0. The minimum Gasteiger partial charge on any atom is -0.377 e. The molecule has 0 spiro atoms. The number of anilines is 1. The fraction of sp³-hybridized carbons (Fsp3) is 0.538. The van der Waals surface area contributed by atoms with Crippen molar-refractivity contribution in [2.24, 2.45) is 0 Å². The Balaban J connectivity index is 2.03. The molecule has 2 rings (SSSR count). The summed E-state index contributed by atoms with van der Waals surface area (Å²) in [6.45, 7) is 0.893. The van der Waals surface area contributed by atoms with Crippen molar-refractivity contribution in [2.75, 3.05) is 32.0 Å². The van der Waals surface area contributed by atoms with Crippen LogP contribution in [-0.4, -0.2) is 54.5 Å². The first-order chi connectivity index (χ1) is 10.7. The Morgan fingerprint density at radius 1 is 1.17 bits per heavy atom. The molecule has 0 aromatic heterocycles. The molecule has 1 heterocycles. The smallest absolute Gasteiger partial charge is 0.301 e. The first-order valence-corrected chi connectivity index (χ1v) is 10.0. The van der Waals surface area contributed by atoms with E-state index < -0.39 is 20.2 Å². The van der Waals surface area contributed by atoms with E-state index in [2.05, 4.69) is 9.44 Å². The first-order valence-electron chi connectivity index (χ1n) is 7.12. The number of hydrogen-bond acceptors (Lipinski definition) is 5. The van der Waals surface area contributed by atoms with Crippen LogP contribution < -0.4 is 9.44 Å². The lowest BCUT2D eigenvalue weighted by molar-refractivity contribution is 0.114. The number of rotatable bonds is 7. The second-order valence-electron chi connectivity index (χ2n) is 5.40. The monoisotopic (exact) mass is 363 g/mol. The average molecular weight is 363 g/mol. The molecule has 0 amide bonds. The Hall–Kier alpha value is -1.20. The van der Waals surface area contributed by atoms with Crippen molar-refractivity contribution in [2.45, 2.75) is 23.8 Å². The van der Waals surface area contributed by atoms with E-state index in [1.165, 1.54) is 38.4 Å². The SMILES string of the molecule is CN(C)S(=O)(=O)Nc1ccc(S(=O)(=O)NC[C@@H]2CCCO2)cc1. The van der Waals surface area contributed by atoms with E-state index in [4.69, 9.17) is 4.74 Å². The molecule has 1 aliphatic rings. The highest BCUT2D eigenvalue weighted by Crippen LogP contribution is 2.17. The van der Waals surface area contributed by atoms with Crippen LogP contribution in [0.15, 0.2) is 29.2 Å². The summed E-state index contributed by atoms with van der Waals surface area (Å²) in [6, 6.07) is 5.51. The second-order valence-corrected chi connectivity index (χ2v) is 9.05. The Bertz CT molecular complexity index is 723. The molecular formula is C13H21N3O5S2. The van der Waals surface area contributed by atoms with Crippen LogP contribution in [0.3, 0.4) is 0 Å². The lowest BCUT2D eigenvalue weighted by Crippen LogP contribution is -2.32. The van der Waals surface area contributed by atoms with Crippen LogP contribution in [0, 0.1) is 0 Å². The molecule has 0 saturated carbocycles. The van der Waals surface area contributed by atoms with Crippen molar-refractivity contribution in [3.05, 3.63) is 24.3 Å². The third-order valence-corrected chi connectivity index (χ3v) is 6.31. The largest absolute Gasteiger partial charge is 0.377 e. The maximum Gasteiger partial charge on any atom is 0.301 e. The lowest BCUT2D eigenvalue weighted by Gasteiger charge is -2.14. The molecule has 1 atom stereocenters. The highest BCUT2D eigenvalue weighted by molar-refractivity contribution is 7.90. The zero-order chi connectivity index (χ0) is 17.1. The summed E-state index contributed by atoms with van der Waals surface area (Å²) in [5.74, 6) is 0. The van der Waals surface area contributed by atoms with E-state index in [0.717, 1.165) is 17.1 Å². The number of ether oxygens (including phenoxy) is 1. The third-order valence-electron chi connectivity index (χ3n) is 3.42. The van der Waals surface area contributed by atoms with Gasteiger partial charge in [-0.1, -0.05) is 0 Å². The fourth-order valence-corrected chi connectivity index (χ4v) is 3.72. The highest BCUT2D eigenvalue weighted by Gasteiger charge is 2.20. The Labute approximate surface area is 137 Å². The maximum atomic E-state index is 12.2. The molecule has 8 nitrogen and oxygen atoms in total. The summed E-state index contributed by atoms with van der Waals surface area (Å²) in [6.07, 6.45) is 1.69. The molecule has 10 heteroatoms. The number of nitrogens with zero attached hydrogens (tertiary/aromatic N) is 1. The summed E-state index contributed by atoms with van der Waals surface area (Å²) >= 11 is 0. The summed E-state index contributed by atoms with van der Waals surface area (Å²) < 4.78 is 59.0. The van der Waals surface area contributed by atoms with Crippen LogP contribution in [0.25, 0.3) is 0 Å². The van der Waals surface area contributed by atoms with Crippen molar-refractivity contribution in [3.63, 3.8) is 0 Å². The van der Waals surface area contributed by atoms with Gasteiger partial charge in [-0.05, 0) is 37.1 Å². The number of benzene rings is 1. The Morgan fingerprint density at radius 3 is 2.35 bits per heavy atom. The normalized spacial score (nSPS) is 19.2. The van der Waals surface area contributed by atoms with Gasteiger partial charge in [0.05, 0.1) is 11.0 Å². The van der Waals surface area contributed by atoms with Gasteiger partial charge in [0, 0.05) is 32.9 Å². The molecule has 1 saturated heterocycles. The molecule has 130 valence electrons. The lowest BCUT2D eigenvalue weighted by atomic mass is 10.2. The van der Waals surface area contributed by atoms with Crippen LogP contribution in [-0.2, 0) is 25.0 Å². The van der Waals surface area contributed by atoms with E-state index in [-0.39, 0.29) is 23.2 Å². The van der Waals surface area contributed by atoms with Gasteiger partial charge in [-0.15, -0.1) is 0 Å². The van der Waals surface area contributed by atoms with Crippen molar-refractivity contribution >= 4 is 25.9 Å². The van der Waals surface area contributed by atoms with E-state index >= 15 is 0 Å². The molecule has 1 aromatic rings. The summed E-state index contributed by atoms with van der Waals surface area (Å²) in [4.78, 5) is 0.0725. The van der Waals surface area contributed by atoms with Crippen LogP contribution >= 0.6 is 0 Å². The van der Waals surface area contributed by atoms with Gasteiger partial charge in [-0.2, -0.15) is 12.7 Å². The van der Waals surface area contributed by atoms with Gasteiger partial charge in [0.25, 0.3) is 0 Å². The zero-order valence-corrected chi connectivity index (χ0v) is 14.7. The predicted molar refractivity (Wildman–Crippen MR) is 86.8 cm³/mol. The number of hydrogen-bond donors (Lipinski definition) is 2. The predicted octanol–water partition coefficient (Wildman–Crippen LogP) is 0.362. The Kier molecular flexibility index (Phi) is 5.63. The average Bonchev–Trinajstić information content (AvgIpc) is 2.98. The second kappa shape index (κ2) is 7.14. The standard InChI is InChI=1S/C13H21N3O5S2/c1-16(2)23(19,20)15-11-5-7-13(8-6-11)22(17,18)14-10-12-4-3-9-21-12/h5-8,12,14-15H,3-4,9-10H2,1-2H3/t12-/m0/s1. The van der Waals surface area contributed by atoms with Crippen LogP contribution in [0.5, 0.6) is 0 Å². The molecule has 0 radical (unpaired) electrons. The minimum atomic E-state index is -3.64. The number of nitrogens with one attached hydrogen (secondary N) is 2. The molecular weight excluding hydrogens is 342 g/mol. The van der Waals surface area contributed by atoms with Gasteiger partial charge < -0.3 is 4.74 Å². The van der Waals surface area contributed by atoms with Gasteiger partial charge in [0.1, 0.15) is 0 Å². The van der Waals surface area contributed by atoms with Crippen LogP contribution in [0.1, 0.15) is 12.8 Å². The first kappa shape index (κ1) is 18.1. The van der Waals surface area contributed by atoms with Gasteiger partial charge in [0.15, 0.2) is 0 Å². The maximum absolute atomic E-state index is 12.2. The van der Waals surface area contributed by atoms with Crippen molar-refractivity contribution < 1.29 is 21.6 Å². The van der Waals surface area contributed by atoms with E-state index in [0.29, 0.717) is 6.61 Å². The molecule has 1 aromatic carbocycles. The van der Waals surface area contributed by atoms with E-state index in [9.17, 15) is 16.8 Å². The van der Waals surface area contributed by atoms with Gasteiger partial charge in [0.2, 0.25) is 10.0 Å². The van der Waals surface area contributed by atoms with Gasteiger partial charge >= 0.3 is 10.2 Å². The molecule has 2 N–H and O–H groups in total. The molecule has 1 aliphatic heterocycles.